The van der Waals surface area contributed by atoms with Crippen molar-refractivity contribution in [2.24, 2.45) is 0 Å². The van der Waals surface area contributed by atoms with Gasteiger partial charge in [-0.3, -0.25) is 0 Å². The summed E-state index contributed by atoms with van der Waals surface area (Å²) in [5, 5.41) is 1.79. The SMILES string of the molecule is COc1cc2c(cc1OC)[C@@H](c1ccccc1)N(S(=O)(=O)c1cccs1)CC2. The maximum atomic E-state index is 13.4. The van der Waals surface area contributed by atoms with E-state index in [-0.39, 0.29) is 0 Å². The highest BCUT2D eigenvalue weighted by Crippen LogP contribution is 2.43. The van der Waals surface area contributed by atoms with E-state index < -0.39 is 16.1 Å². The molecule has 1 atom stereocenters. The van der Waals surface area contributed by atoms with Gasteiger partial charge in [-0.05, 0) is 46.7 Å². The molecule has 0 fully saturated rings. The van der Waals surface area contributed by atoms with Crippen molar-refractivity contribution in [1.82, 2.24) is 4.31 Å². The summed E-state index contributed by atoms with van der Waals surface area (Å²) in [7, 11) is -0.420. The molecule has 1 aromatic heterocycles. The van der Waals surface area contributed by atoms with Crippen molar-refractivity contribution in [1.29, 1.82) is 0 Å². The van der Waals surface area contributed by atoms with Gasteiger partial charge >= 0.3 is 0 Å². The fourth-order valence-corrected chi connectivity index (χ4v) is 6.40. The quantitative estimate of drug-likeness (QED) is 0.630. The second-order valence-electron chi connectivity index (χ2n) is 6.52. The zero-order valence-electron chi connectivity index (χ0n) is 15.7. The lowest BCUT2D eigenvalue weighted by atomic mass is 9.89. The molecular formula is C21H21NO4S2. The van der Waals surface area contributed by atoms with Crippen molar-refractivity contribution in [2.45, 2.75) is 16.7 Å². The maximum Gasteiger partial charge on any atom is 0.253 e. The molecule has 2 aromatic carbocycles. The van der Waals surface area contributed by atoms with Crippen molar-refractivity contribution in [3.63, 3.8) is 0 Å². The van der Waals surface area contributed by atoms with Crippen LogP contribution >= 0.6 is 11.3 Å². The van der Waals surface area contributed by atoms with E-state index in [4.69, 9.17) is 9.47 Å². The van der Waals surface area contributed by atoms with Crippen molar-refractivity contribution in [2.75, 3.05) is 20.8 Å². The first kappa shape index (κ1) is 19.0. The van der Waals surface area contributed by atoms with Gasteiger partial charge in [-0.2, -0.15) is 4.31 Å². The molecule has 0 saturated heterocycles. The molecule has 5 nitrogen and oxygen atoms in total. The number of sulfonamides is 1. The van der Waals surface area contributed by atoms with E-state index in [2.05, 4.69) is 0 Å². The topological polar surface area (TPSA) is 55.8 Å². The van der Waals surface area contributed by atoms with Crippen LogP contribution in [0.4, 0.5) is 0 Å². The van der Waals surface area contributed by atoms with Gasteiger partial charge in [-0.25, -0.2) is 8.42 Å². The lowest BCUT2D eigenvalue weighted by Gasteiger charge is -2.36. The van der Waals surface area contributed by atoms with Gasteiger partial charge < -0.3 is 9.47 Å². The second-order valence-corrected chi connectivity index (χ2v) is 9.58. The Labute approximate surface area is 169 Å². The highest BCUT2D eigenvalue weighted by molar-refractivity contribution is 7.91. The summed E-state index contributed by atoms with van der Waals surface area (Å²) < 4.78 is 39.7. The summed E-state index contributed by atoms with van der Waals surface area (Å²) in [6.07, 6.45) is 0.615. The molecule has 146 valence electrons. The Balaban J connectivity index is 1.91. The fraction of sp³-hybridized carbons (Fsp3) is 0.238. The Morgan fingerprint density at radius 2 is 1.71 bits per heavy atom. The number of ether oxygens (including phenoxy) is 2. The van der Waals surface area contributed by atoms with Gasteiger partial charge in [0.15, 0.2) is 11.5 Å². The van der Waals surface area contributed by atoms with E-state index in [0.29, 0.717) is 28.7 Å². The number of hydrogen-bond acceptors (Lipinski definition) is 5. The van der Waals surface area contributed by atoms with Crippen molar-refractivity contribution < 1.29 is 17.9 Å². The van der Waals surface area contributed by atoms with E-state index in [9.17, 15) is 8.42 Å². The smallest absolute Gasteiger partial charge is 0.253 e. The van der Waals surface area contributed by atoms with Gasteiger partial charge in [-0.15, -0.1) is 11.3 Å². The van der Waals surface area contributed by atoms with Gasteiger partial charge in [0, 0.05) is 6.54 Å². The third-order valence-corrected chi connectivity index (χ3v) is 8.24. The zero-order chi connectivity index (χ0) is 19.7. The lowest BCUT2D eigenvalue weighted by Crippen LogP contribution is -2.40. The van der Waals surface area contributed by atoms with Crippen LogP contribution in [-0.2, 0) is 16.4 Å². The van der Waals surface area contributed by atoms with E-state index in [0.717, 1.165) is 16.7 Å². The van der Waals surface area contributed by atoms with Gasteiger partial charge in [-0.1, -0.05) is 36.4 Å². The molecule has 0 unspecified atom stereocenters. The third kappa shape index (κ3) is 3.19. The van der Waals surface area contributed by atoms with Crippen LogP contribution in [0.2, 0.25) is 0 Å². The minimum Gasteiger partial charge on any atom is -0.493 e. The van der Waals surface area contributed by atoms with Gasteiger partial charge in [0.1, 0.15) is 4.21 Å². The van der Waals surface area contributed by atoms with Crippen LogP contribution < -0.4 is 9.47 Å². The molecule has 28 heavy (non-hydrogen) atoms. The molecular weight excluding hydrogens is 394 g/mol. The first-order chi connectivity index (χ1) is 13.6. The molecule has 1 aliphatic heterocycles. The number of rotatable bonds is 5. The van der Waals surface area contributed by atoms with Crippen molar-refractivity contribution >= 4 is 21.4 Å². The fourth-order valence-electron chi connectivity index (χ4n) is 3.69. The normalized spacial score (nSPS) is 17.1. The van der Waals surface area contributed by atoms with E-state index in [1.54, 1.807) is 36.0 Å². The van der Waals surface area contributed by atoms with Crippen LogP contribution in [0, 0.1) is 0 Å². The van der Waals surface area contributed by atoms with E-state index in [1.807, 2.05) is 42.5 Å². The molecule has 0 spiro atoms. The average Bonchev–Trinajstić information content (AvgIpc) is 3.28. The molecule has 7 heteroatoms. The Bertz CT molecular complexity index is 1060. The highest BCUT2D eigenvalue weighted by Gasteiger charge is 2.38. The Hall–Kier alpha value is -2.35. The first-order valence-electron chi connectivity index (χ1n) is 8.91. The largest absolute Gasteiger partial charge is 0.493 e. The van der Waals surface area contributed by atoms with Crippen molar-refractivity contribution in [3.8, 4) is 11.5 Å². The molecule has 0 N–H and O–H groups in total. The standard InChI is InChI=1S/C21H21NO4S2/c1-25-18-13-16-10-11-22(28(23,24)20-9-6-12-27-20)21(15-7-4-3-5-8-15)17(16)14-19(18)26-2/h3-9,12-14,21H,10-11H2,1-2H3/t21-/m1/s1. The summed E-state index contributed by atoms with van der Waals surface area (Å²) >= 11 is 1.24. The number of hydrogen-bond donors (Lipinski definition) is 0. The Morgan fingerprint density at radius 1 is 1.00 bits per heavy atom. The van der Waals surface area contributed by atoms with Crippen LogP contribution in [0.1, 0.15) is 22.7 Å². The van der Waals surface area contributed by atoms with Crippen LogP contribution in [0.25, 0.3) is 0 Å². The van der Waals surface area contributed by atoms with Crippen LogP contribution in [-0.4, -0.2) is 33.5 Å². The number of fused-ring (bicyclic) bond motifs is 1. The molecule has 0 aliphatic carbocycles. The molecule has 2 heterocycles. The summed E-state index contributed by atoms with van der Waals surface area (Å²) in [6.45, 7) is 0.405. The second kappa shape index (κ2) is 7.58. The number of nitrogens with zero attached hydrogens (tertiary/aromatic N) is 1. The maximum absolute atomic E-state index is 13.4. The van der Waals surface area contributed by atoms with Gasteiger partial charge in [0.05, 0.1) is 20.3 Å². The number of thiophene rings is 1. The van der Waals surface area contributed by atoms with E-state index in [1.165, 1.54) is 11.3 Å². The molecule has 0 radical (unpaired) electrons. The molecule has 0 saturated carbocycles. The van der Waals surface area contributed by atoms with Crippen molar-refractivity contribution in [3.05, 3.63) is 76.7 Å². The van der Waals surface area contributed by atoms with E-state index >= 15 is 0 Å². The molecule has 1 aliphatic rings. The van der Waals surface area contributed by atoms with Crippen LogP contribution in [0.15, 0.2) is 64.2 Å². The number of benzene rings is 2. The van der Waals surface area contributed by atoms with Gasteiger partial charge in [0.25, 0.3) is 10.0 Å². The minimum atomic E-state index is -3.61. The molecule has 0 amide bonds. The summed E-state index contributed by atoms with van der Waals surface area (Å²) in [5.41, 5.74) is 2.93. The zero-order valence-corrected chi connectivity index (χ0v) is 17.3. The Morgan fingerprint density at radius 3 is 2.36 bits per heavy atom. The summed E-state index contributed by atoms with van der Waals surface area (Å²) in [4.78, 5) is 0. The predicted molar refractivity (Wildman–Crippen MR) is 110 cm³/mol. The van der Waals surface area contributed by atoms with Crippen LogP contribution in [0.5, 0.6) is 11.5 Å². The number of methoxy groups -OCH3 is 2. The third-order valence-electron chi connectivity index (χ3n) is 5.00. The summed E-state index contributed by atoms with van der Waals surface area (Å²) in [5.74, 6) is 1.25. The average molecular weight is 416 g/mol. The highest BCUT2D eigenvalue weighted by atomic mass is 32.2. The summed E-state index contributed by atoms with van der Waals surface area (Å²) in [6, 6.07) is 16.6. The lowest BCUT2D eigenvalue weighted by molar-refractivity contribution is 0.332. The molecule has 4 rings (SSSR count). The first-order valence-corrected chi connectivity index (χ1v) is 11.2. The molecule has 0 bridgehead atoms. The van der Waals surface area contributed by atoms with Crippen LogP contribution in [0.3, 0.4) is 0 Å². The van der Waals surface area contributed by atoms with Gasteiger partial charge in [0.2, 0.25) is 0 Å². The molecule has 3 aromatic rings. The predicted octanol–water partition coefficient (Wildman–Crippen LogP) is 4.10. The monoisotopic (exact) mass is 415 g/mol. The Kier molecular flexibility index (Phi) is 5.14. The minimum absolute atomic E-state index is 0.359.